The molecule has 0 rings (SSSR count). The Morgan fingerprint density at radius 2 is 1.68 bits per heavy atom. The van der Waals surface area contributed by atoms with Crippen molar-refractivity contribution < 1.29 is 9.53 Å². The van der Waals surface area contributed by atoms with Gasteiger partial charge in [-0.1, -0.05) is 0 Å². The Labute approximate surface area is 116 Å². The van der Waals surface area contributed by atoms with E-state index in [-0.39, 0.29) is 11.5 Å². The molecule has 112 valence electrons. The van der Waals surface area contributed by atoms with Crippen molar-refractivity contribution in [2.24, 2.45) is 10.4 Å². The van der Waals surface area contributed by atoms with E-state index in [1.807, 2.05) is 27.7 Å². The Bertz CT molecular complexity index is 325. The van der Waals surface area contributed by atoms with E-state index in [0.29, 0.717) is 19.0 Å². The SMILES string of the molecule is CN=C(NCC(C)(C)OC)NCC(C)(C)C(=O)NC. The van der Waals surface area contributed by atoms with E-state index in [2.05, 4.69) is 20.9 Å². The summed E-state index contributed by atoms with van der Waals surface area (Å²) >= 11 is 0. The van der Waals surface area contributed by atoms with Gasteiger partial charge in [0.1, 0.15) is 0 Å². The minimum absolute atomic E-state index is 0.00678. The highest BCUT2D eigenvalue weighted by molar-refractivity contribution is 5.84. The molecule has 0 aliphatic heterocycles. The summed E-state index contributed by atoms with van der Waals surface area (Å²) in [5.74, 6) is 0.648. The normalized spacial score (nSPS) is 13.1. The molecule has 0 fully saturated rings. The highest BCUT2D eigenvalue weighted by Crippen LogP contribution is 2.13. The van der Waals surface area contributed by atoms with Crippen LogP contribution in [0, 0.1) is 5.41 Å². The van der Waals surface area contributed by atoms with Crippen molar-refractivity contribution in [3.8, 4) is 0 Å². The van der Waals surface area contributed by atoms with Crippen molar-refractivity contribution in [3.63, 3.8) is 0 Å². The van der Waals surface area contributed by atoms with Crippen LogP contribution in [0.5, 0.6) is 0 Å². The summed E-state index contributed by atoms with van der Waals surface area (Å²) in [7, 11) is 5.01. The van der Waals surface area contributed by atoms with E-state index in [1.54, 1.807) is 21.2 Å². The topological polar surface area (TPSA) is 74.8 Å². The maximum atomic E-state index is 11.7. The van der Waals surface area contributed by atoms with Gasteiger partial charge in [0.05, 0.1) is 11.0 Å². The van der Waals surface area contributed by atoms with Crippen LogP contribution in [0.4, 0.5) is 0 Å². The van der Waals surface area contributed by atoms with Crippen molar-refractivity contribution in [3.05, 3.63) is 0 Å². The van der Waals surface area contributed by atoms with E-state index in [9.17, 15) is 4.79 Å². The molecule has 0 aromatic rings. The maximum Gasteiger partial charge on any atom is 0.227 e. The van der Waals surface area contributed by atoms with Crippen LogP contribution < -0.4 is 16.0 Å². The number of carbonyl (C=O) groups excluding carboxylic acids is 1. The molecule has 0 radical (unpaired) electrons. The molecular weight excluding hydrogens is 244 g/mol. The number of guanidine groups is 1. The van der Waals surface area contributed by atoms with Crippen molar-refractivity contribution >= 4 is 11.9 Å². The van der Waals surface area contributed by atoms with E-state index in [1.165, 1.54) is 0 Å². The highest BCUT2D eigenvalue weighted by atomic mass is 16.5. The molecule has 19 heavy (non-hydrogen) atoms. The van der Waals surface area contributed by atoms with E-state index in [0.717, 1.165) is 0 Å². The largest absolute Gasteiger partial charge is 0.377 e. The molecule has 0 aliphatic rings. The minimum Gasteiger partial charge on any atom is -0.377 e. The van der Waals surface area contributed by atoms with Gasteiger partial charge in [0.15, 0.2) is 5.96 Å². The summed E-state index contributed by atoms with van der Waals surface area (Å²) in [6.07, 6.45) is 0. The lowest BCUT2D eigenvalue weighted by atomic mass is 9.92. The maximum absolute atomic E-state index is 11.7. The standard InChI is InChI=1S/C13H28N4O2/c1-12(2,10(18)14-5)8-16-11(15-6)17-9-13(3,4)19-7/h8-9H2,1-7H3,(H,14,18)(H2,15,16,17). The van der Waals surface area contributed by atoms with Crippen molar-refractivity contribution in [1.82, 2.24) is 16.0 Å². The predicted octanol–water partition coefficient (Wildman–Crippen LogP) is 0.349. The number of nitrogens with zero attached hydrogens (tertiary/aromatic N) is 1. The van der Waals surface area contributed by atoms with E-state index < -0.39 is 5.41 Å². The lowest BCUT2D eigenvalue weighted by molar-refractivity contribution is -0.128. The van der Waals surface area contributed by atoms with Crippen LogP contribution in [0.25, 0.3) is 0 Å². The van der Waals surface area contributed by atoms with Gasteiger partial charge in [-0.25, -0.2) is 0 Å². The molecule has 0 aromatic carbocycles. The first kappa shape index (κ1) is 17.7. The first-order chi connectivity index (χ1) is 8.68. The number of hydrogen-bond donors (Lipinski definition) is 3. The lowest BCUT2D eigenvalue weighted by Gasteiger charge is -2.27. The number of nitrogens with one attached hydrogen (secondary N) is 3. The number of rotatable bonds is 6. The molecule has 6 heteroatoms. The van der Waals surface area contributed by atoms with Gasteiger partial charge in [0, 0.05) is 34.3 Å². The molecule has 0 heterocycles. The Morgan fingerprint density at radius 1 is 1.16 bits per heavy atom. The second-order valence-corrected chi connectivity index (χ2v) is 5.71. The van der Waals surface area contributed by atoms with Gasteiger partial charge in [0.25, 0.3) is 0 Å². The summed E-state index contributed by atoms with van der Waals surface area (Å²) in [5.41, 5.74) is -0.767. The van der Waals surface area contributed by atoms with Crippen LogP contribution in [0.15, 0.2) is 4.99 Å². The zero-order valence-electron chi connectivity index (χ0n) is 13.2. The van der Waals surface area contributed by atoms with Crippen LogP contribution in [-0.4, -0.2) is 51.8 Å². The predicted molar refractivity (Wildman–Crippen MR) is 78.3 cm³/mol. The molecule has 0 saturated carbocycles. The first-order valence-electron chi connectivity index (χ1n) is 6.40. The van der Waals surface area contributed by atoms with Crippen LogP contribution in [0.3, 0.4) is 0 Å². The Balaban J connectivity index is 4.34. The van der Waals surface area contributed by atoms with Crippen LogP contribution in [-0.2, 0) is 9.53 Å². The monoisotopic (exact) mass is 272 g/mol. The highest BCUT2D eigenvalue weighted by Gasteiger charge is 2.26. The number of ether oxygens (including phenoxy) is 1. The Hall–Kier alpha value is -1.30. The van der Waals surface area contributed by atoms with Crippen LogP contribution in [0.2, 0.25) is 0 Å². The molecule has 0 atom stereocenters. The van der Waals surface area contributed by atoms with Crippen molar-refractivity contribution in [2.75, 3.05) is 34.3 Å². The zero-order valence-corrected chi connectivity index (χ0v) is 13.2. The van der Waals surface area contributed by atoms with Crippen molar-refractivity contribution in [1.29, 1.82) is 0 Å². The van der Waals surface area contributed by atoms with Crippen LogP contribution in [0.1, 0.15) is 27.7 Å². The molecule has 0 aliphatic carbocycles. The molecule has 0 bridgehead atoms. The molecule has 0 aromatic heterocycles. The number of methoxy groups -OCH3 is 1. The summed E-state index contributed by atoms with van der Waals surface area (Å²) in [6.45, 7) is 8.86. The van der Waals surface area contributed by atoms with Crippen LogP contribution >= 0.6 is 0 Å². The fraction of sp³-hybridized carbons (Fsp3) is 0.846. The van der Waals surface area contributed by atoms with Crippen molar-refractivity contribution in [2.45, 2.75) is 33.3 Å². The Kier molecular flexibility index (Phi) is 6.83. The van der Waals surface area contributed by atoms with Gasteiger partial charge < -0.3 is 20.7 Å². The molecule has 6 nitrogen and oxygen atoms in total. The molecular formula is C13H28N4O2. The number of carbonyl (C=O) groups is 1. The van der Waals surface area contributed by atoms with Gasteiger partial charge in [-0.15, -0.1) is 0 Å². The second kappa shape index (κ2) is 7.33. The second-order valence-electron chi connectivity index (χ2n) is 5.71. The zero-order chi connectivity index (χ0) is 15.1. The fourth-order valence-corrected chi connectivity index (χ4v) is 1.31. The summed E-state index contributed by atoms with van der Waals surface area (Å²) in [5, 5.41) is 8.97. The molecule has 1 amide bonds. The average Bonchev–Trinajstić information content (AvgIpc) is 2.37. The number of aliphatic imine (C=N–C) groups is 1. The fourth-order valence-electron chi connectivity index (χ4n) is 1.31. The third-order valence-electron chi connectivity index (χ3n) is 3.00. The lowest BCUT2D eigenvalue weighted by Crippen LogP contribution is -2.49. The quantitative estimate of drug-likeness (QED) is 0.482. The molecule has 3 N–H and O–H groups in total. The Morgan fingerprint density at radius 3 is 2.11 bits per heavy atom. The summed E-state index contributed by atoms with van der Waals surface area (Å²) < 4.78 is 5.32. The molecule has 0 unspecified atom stereocenters. The number of hydrogen-bond acceptors (Lipinski definition) is 3. The molecule has 0 saturated heterocycles. The van der Waals surface area contributed by atoms with Gasteiger partial charge in [-0.2, -0.15) is 0 Å². The van der Waals surface area contributed by atoms with Gasteiger partial charge in [-0.3, -0.25) is 9.79 Å². The third kappa shape index (κ3) is 6.42. The minimum atomic E-state index is -0.497. The van der Waals surface area contributed by atoms with Gasteiger partial charge in [-0.05, 0) is 27.7 Å². The van der Waals surface area contributed by atoms with E-state index in [4.69, 9.17) is 4.74 Å². The number of amides is 1. The smallest absolute Gasteiger partial charge is 0.227 e. The summed E-state index contributed by atoms with van der Waals surface area (Å²) in [6, 6.07) is 0. The van der Waals surface area contributed by atoms with E-state index >= 15 is 0 Å². The summed E-state index contributed by atoms with van der Waals surface area (Å²) in [4.78, 5) is 15.8. The molecule has 0 spiro atoms. The first-order valence-corrected chi connectivity index (χ1v) is 6.40. The van der Waals surface area contributed by atoms with Gasteiger partial charge >= 0.3 is 0 Å². The average molecular weight is 272 g/mol. The third-order valence-corrected chi connectivity index (χ3v) is 3.00. The van der Waals surface area contributed by atoms with Gasteiger partial charge in [0.2, 0.25) is 5.91 Å².